The molecule has 5 N–H and O–H groups in total. The Morgan fingerprint density at radius 2 is 1.76 bits per heavy atom. The number of nitrogens with zero attached hydrogens (tertiary/aromatic N) is 1. The highest BCUT2D eigenvalue weighted by Crippen LogP contribution is 2.31. The molecule has 1 aromatic carbocycles. The monoisotopic (exact) mass is 224 g/mol. The van der Waals surface area contributed by atoms with Crippen molar-refractivity contribution in [1.29, 1.82) is 0 Å². The second-order valence-corrected chi connectivity index (χ2v) is 3.92. The molecule has 4 heteroatoms. The van der Waals surface area contributed by atoms with E-state index in [1.807, 2.05) is 30.5 Å². The van der Waals surface area contributed by atoms with Crippen LogP contribution in [0, 0.1) is 0 Å². The van der Waals surface area contributed by atoms with Gasteiger partial charge < -0.3 is 16.5 Å². The predicted molar refractivity (Wildman–Crippen MR) is 70.4 cm³/mol. The van der Waals surface area contributed by atoms with Crippen LogP contribution >= 0.6 is 0 Å². The van der Waals surface area contributed by atoms with Gasteiger partial charge >= 0.3 is 0 Å². The van der Waals surface area contributed by atoms with Gasteiger partial charge in [0.2, 0.25) is 0 Å². The lowest BCUT2D eigenvalue weighted by Crippen LogP contribution is -1.97. The average Bonchev–Trinajstić information content (AvgIpc) is 2.73. The van der Waals surface area contributed by atoms with Crippen LogP contribution in [0.5, 0.6) is 0 Å². The van der Waals surface area contributed by atoms with Gasteiger partial charge in [-0.05, 0) is 18.2 Å². The first kappa shape index (κ1) is 9.72. The van der Waals surface area contributed by atoms with Crippen LogP contribution in [-0.4, -0.2) is 9.97 Å². The molecule has 2 aromatic heterocycles. The molecule has 84 valence electrons. The third-order valence-electron chi connectivity index (χ3n) is 2.83. The van der Waals surface area contributed by atoms with Crippen molar-refractivity contribution in [2.24, 2.45) is 0 Å². The lowest BCUT2D eigenvalue weighted by atomic mass is 10.1. The molecule has 0 unspecified atom stereocenters. The number of hydrogen-bond donors (Lipinski definition) is 3. The number of aromatic amines is 1. The fraction of sp³-hybridized carbons (Fsp3) is 0. The fourth-order valence-electron chi connectivity index (χ4n) is 2.01. The van der Waals surface area contributed by atoms with E-state index in [-0.39, 0.29) is 0 Å². The van der Waals surface area contributed by atoms with Gasteiger partial charge in [-0.15, -0.1) is 0 Å². The van der Waals surface area contributed by atoms with Crippen molar-refractivity contribution in [3.63, 3.8) is 0 Å². The quantitative estimate of drug-likeness (QED) is 0.593. The van der Waals surface area contributed by atoms with Crippen molar-refractivity contribution < 1.29 is 0 Å². The number of H-pyrrole nitrogens is 1. The number of pyridine rings is 1. The van der Waals surface area contributed by atoms with Gasteiger partial charge in [0, 0.05) is 28.2 Å². The van der Waals surface area contributed by atoms with Crippen LogP contribution in [0.1, 0.15) is 0 Å². The van der Waals surface area contributed by atoms with Gasteiger partial charge in [-0.3, -0.25) is 0 Å². The molecule has 0 atom stereocenters. The minimum atomic E-state index is 0.436. The number of benzene rings is 1. The van der Waals surface area contributed by atoms with Crippen LogP contribution in [0.4, 0.5) is 11.6 Å². The van der Waals surface area contributed by atoms with Gasteiger partial charge in [-0.2, -0.15) is 0 Å². The van der Waals surface area contributed by atoms with E-state index in [0.29, 0.717) is 11.6 Å². The topological polar surface area (TPSA) is 80.7 Å². The number of nitrogens with one attached hydrogen (secondary N) is 1. The molecule has 0 radical (unpaired) electrons. The summed E-state index contributed by atoms with van der Waals surface area (Å²) >= 11 is 0. The Morgan fingerprint density at radius 1 is 0.941 bits per heavy atom. The average molecular weight is 224 g/mol. The maximum Gasteiger partial charge on any atom is 0.133 e. The number of hydrogen-bond acceptors (Lipinski definition) is 3. The van der Waals surface area contributed by atoms with Crippen LogP contribution in [0.3, 0.4) is 0 Å². The van der Waals surface area contributed by atoms with E-state index >= 15 is 0 Å². The smallest absolute Gasteiger partial charge is 0.133 e. The SMILES string of the molecule is Nc1ccc(-c2c[nH]c3ccccc23)c(N)n1. The molecule has 0 spiro atoms. The van der Waals surface area contributed by atoms with Gasteiger partial charge in [0.25, 0.3) is 0 Å². The maximum atomic E-state index is 5.90. The van der Waals surface area contributed by atoms with E-state index in [1.165, 1.54) is 0 Å². The van der Waals surface area contributed by atoms with Gasteiger partial charge in [0.05, 0.1) is 0 Å². The van der Waals surface area contributed by atoms with E-state index in [2.05, 4.69) is 16.0 Å². The molecule has 0 fully saturated rings. The van der Waals surface area contributed by atoms with Gasteiger partial charge in [0.15, 0.2) is 0 Å². The zero-order valence-electron chi connectivity index (χ0n) is 9.14. The molecule has 17 heavy (non-hydrogen) atoms. The van der Waals surface area contributed by atoms with Crippen molar-refractivity contribution in [2.75, 3.05) is 11.5 Å². The zero-order valence-corrected chi connectivity index (χ0v) is 9.14. The molecule has 0 saturated heterocycles. The van der Waals surface area contributed by atoms with Gasteiger partial charge in [-0.25, -0.2) is 4.98 Å². The summed E-state index contributed by atoms with van der Waals surface area (Å²) in [6.07, 6.45) is 1.94. The highest BCUT2D eigenvalue weighted by Gasteiger charge is 2.09. The number of aromatic nitrogens is 2. The van der Waals surface area contributed by atoms with Crippen LogP contribution < -0.4 is 11.5 Å². The molecule has 3 aromatic rings. The van der Waals surface area contributed by atoms with Crippen LogP contribution in [0.25, 0.3) is 22.0 Å². The van der Waals surface area contributed by atoms with Crippen LogP contribution in [0.2, 0.25) is 0 Å². The Morgan fingerprint density at radius 3 is 2.59 bits per heavy atom. The molecule has 2 heterocycles. The van der Waals surface area contributed by atoms with Crippen LogP contribution in [-0.2, 0) is 0 Å². The minimum Gasteiger partial charge on any atom is -0.384 e. The highest BCUT2D eigenvalue weighted by atomic mass is 14.9. The number of rotatable bonds is 1. The Bertz CT molecular complexity index is 685. The summed E-state index contributed by atoms with van der Waals surface area (Å²) in [5, 5.41) is 1.13. The van der Waals surface area contributed by atoms with Crippen molar-refractivity contribution >= 4 is 22.5 Å². The van der Waals surface area contributed by atoms with E-state index in [0.717, 1.165) is 22.0 Å². The Balaban J connectivity index is 2.27. The number of nitrogens with two attached hydrogens (primary N) is 2. The highest BCUT2D eigenvalue weighted by molar-refractivity contribution is 5.97. The summed E-state index contributed by atoms with van der Waals surface area (Å²) in [5.41, 5.74) is 14.5. The molecule has 3 rings (SSSR count). The second kappa shape index (κ2) is 3.52. The molecule has 0 aliphatic carbocycles. The van der Waals surface area contributed by atoms with E-state index < -0.39 is 0 Å². The number of nitrogen functional groups attached to an aromatic ring is 2. The first-order valence-corrected chi connectivity index (χ1v) is 5.34. The first-order valence-electron chi connectivity index (χ1n) is 5.34. The lowest BCUT2D eigenvalue weighted by Gasteiger charge is -2.04. The van der Waals surface area contributed by atoms with Crippen LogP contribution in [0.15, 0.2) is 42.6 Å². The standard InChI is InChI=1S/C13H12N4/c14-12-6-5-9(13(15)17-12)10-7-16-11-4-2-1-3-8(10)11/h1-7,16H,(H4,14,15,17). The summed E-state index contributed by atoms with van der Waals surface area (Å²) in [6.45, 7) is 0. The van der Waals surface area contributed by atoms with Crippen molar-refractivity contribution in [3.8, 4) is 11.1 Å². The Labute approximate surface area is 98.3 Å². The van der Waals surface area contributed by atoms with Crippen molar-refractivity contribution in [2.45, 2.75) is 0 Å². The molecular formula is C13H12N4. The molecule has 0 aliphatic rings. The predicted octanol–water partition coefficient (Wildman–Crippen LogP) is 2.39. The lowest BCUT2D eigenvalue weighted by molar-refractivity contribution is 1.34. The molecule has 0 saturated carbocycles. The summed E-state index contributed by atoms with van der Waals surface area (Å²) < 4.78 is 0. The summed E-state index contributed by atoms with van der Waals surface area (Å²) in [6, 6.07) is 11.7. The summed E-state index contributed by atoms with van der Waals surface area (Å²) in [5.74, 6) is 0.890. The summed E-state index contributed by atoms with van der Waals surface area (Å²) in [7, 11) is 0. The Kier molecular flexibility index (Phi) is 2.01. The third-order valence-corrected chi connectivity index (χ3v) is 2.83. The minimum absolute atomic E-state index is 0.436. The molecule has 0 amide bonds. The normalized spacial score (nSPS) is 10.8. The molecule has 0 bridgehead atoms. The first-order chi connectivity index (χ1) is 8.25. The maximum absolute atomic E-state index is 5.90. The number of anilines is 2. The molecule has 4 nitrogen and oxygen atoms in total. The van der Waals surface area contributed by atoms with Crippen molar-refractivity contribution in [3.05, 3.63) is 42.6 Å². The molecule has 0 aliphatic heterocycles. The van der Waals surface area contributed by atoms with Gasteiger partial charge in [0.1, 0.15) is 11.6 Å². The van der Waals surface area contributed by atoms with Gasteiger partial charge in [-0.1, -0.05) is 18.2 Å². The zero-order chi connectivity index (χ0) is 11.8. The largest absolute Gasteiger partial charge is 0.384 e. The second-order valence-electron chi connectivity index (χ2n) is 3.92. The third kappa shape index (κ3) is 1.50. The summed E-state index contributed by atoms with van der Waals surface area (Å²) in [4.78, 5) is 7.29. The Hall–Kier alpha value is -2.49. The van der Waals surface area contributed by atoms with E-state index in [4.69, 9.17) is 11.5 Å². The van der Waals surface area contributed by atoms with E-state index in [9.17, 15) is 0 Å². The molecular weight excluding hydrogens is 212 g/mol. The van der Waals surface area contributed by atoms with Crippen molar-refractivity contribution in [1.82, 2.24) is 9.97 Å². The number of para-hydroxylation sites is 1. The number of fused-ring (bicyclic) bond motifs is 1. The fourth-order valence-corrected chi connectivity index (χ4v) is 2.01. The van der Waals surface area contributed by atoms with E-state index in [1.54, 1.807) is 6.07 Å².